The van der Waals surface area contributed by atoms with Crippen molar-refractivity contribution in [3.05, 3.63) is 54.7 Å². The molecule has 5 rings (SSSR count). The van der Waals surface area contributed by atoms with Crippen LogP contribution >= 0.6 is 0 Å². The number of aromatic nitrogens is 1. The summed E-state index contributed by atoms with van der Waals surface area (Å²) in [6, 6.07) is 15.6. The fraction of sp³-hybridized carbons (Fsp3) is 0.273. The summed E-state index contributed by atoms with van der Waals surface area (Å²) in [6.45, 7) is 1.77. The van der Waals surface area contributed by atoms with E-state index in [1.165, 1.54) is 5.39 Å². The van der Waals surface area contributed by atoms with E-state index in [1.54, 1.807) is 17.0 Å². The molecule has 2 amide bonds. The van der Waals surface area contributed by atoms with Crippen molar-refractivity contribution < 1.29 is 19.1 Å². The lowest BCUT2D eigenvalue weighted by atomic mass is 10.1. The molecule has 29 heavy (non-hydrogen) atoms. The summed E-state index contributed by atoms with van der Waals surface area (Å²) < 4.78 is 12.8. The molecular formula is C22H21N3O4. The summed E-state index contributed by atoms with van der Waals surface area (Å²) in [7, 11) is 0. The second kappa shape index (κ2) is 7.16. The number of carbonyl (C=O) groups excluding carboxylic acids is 2. The van der Waals surface area contributed by atoms with Gasteiger partial charge in [0, 0.05) is 49.5 Å². The van der Waals surface area contributed by atoms with Gasteiger partial charge in [-0.25, -0.2) is 0 Å². The van der Waals surface area contributed by atoms with Gasteiger partial charge >= 0.3 is 0 Å². The van der Waals surface area contributed by atoms with Crippen molar-refractivity contribution in [3.63, 3.8) is 0 Å². The van der Waals surface area contributed by atoms with Gasteiger partial charge < -0.3 is 24.3 Å². The van der Waals surface area contributed by atoms with Gasteiger partial charge in [0.15, 0.2) is 11.5 Å². The van der Waals surface area contributed by atoms with Crippen LogP contribution in [0.5, 0.6) is 11.5 Å². The van der Waals surface area contributed by atoms with Crippen molar-refractivity contribution in [2.24, 2.45) is 5.92 Å². The van der Waals surface area contributed by atoms with Crippen molar-refractivity contribution in [1.82, 2.24) is 9.88 Å². The Kier molecular flexibility index (Phi) is 4.35. The number of nitrogens with one attached hydrogen (secondary N) is 1. The van der Waals surface area contributed by atoms with Crippen LogP contribution in [0.2, 0.25) is 0 Å². The molecule has 2 aliphatic heterocycles. The Morgan fingerprint density at radius 2 is 1.97 bits per heavy atom. The molecule has 3 aromatic rings. The first-order chi connectivity index (χ1) is 14.2. The Morgan fingerprint density at radius 1 is 1.10 bits per heavy atom. The maximum atomic E-state index is 12.6. The molecule has 1 fully saturated rings. The number of benzene rings is 2. The molecule has 1 aromatic heterocycles. The minimum Gasteiger partial charge on any atom is -0.454 e. The first-order valence-electron chi connectivity index (χ1n) is 9.70. The third-order valence-electron chi connectivity index (χ3n) is 5.50. The van der Waals surface area contributed by atoms with Crippen LogP contribution in [0.3, 0.4) is 0 Å². The molecule has 0 spiro atoms. The van der Waals surface area contributed by atoms with Crippen molar-refractivity contribution in [3.8, 4) is 11.5 Å². The molecule has 3 heterocycles. The number of hydrogen-bond donors (Lipinski definition) is 1. The van der Waals surface area contributed by atoms with Crippen LogP contribution in [-0.2, 0) is 16.1 Å². The standard InChI is InChI=1S/C22H21N3O4/c26-21-11-16(13-25(21)17-5-6-19-20(12-17)29-14-28-19)22(27)23-8-10-24-9-7-15-3-1-2-4-18(15)24/h1-7,9,12,16H,8,10-11,13-14H2,(H,23,27). The number of fused-ring (bicyclic) bond motifs is 2. The van der Waals surface area contributed by atoms with Gasteiger partial charge in [-0.05, 0) is 29.7 Å². The van der Waals surface area contributed by atoms with Crippen LogP contribution in [0.15, 0.2) is 54.7 Å². The monoisotopic (exact) mass is 391 g/mol. The first kappa shape index (κ1) is 17.6. The van der Waals surface area contributed by atoms with Gasteiger partial charge in [0.05, 0.1) is 5.92 Å². The molecule has 1 saturated heterocycles. The summed E-state index contributed by atoms with van der Waals surface area (Å²) in [4.78, 5) is 26.7. The maximum Gasteiger partial charge on any atom is 0.231 e. The van der Waals surface area contributed by atoms with Crippen molar-refractivity contribution in [2.75, 3.05) is 24.8 Å². The summed E-state index contributed by atoms with van der Waals surface area (Å²) in [6.07, 6.45) is 2.24. The molecule has 0 bridgehead atoms. The number of hydrogen-bond acceptors (Lipinski definition) is 4. The highest BCUT2D eigenvalue weighted by Crippen LogP contribution is 2.37. The van der Waals surface area contributed by atoms with Gasteiger partial charge in [-0.1, -0.05) is 18.2 Å². The van der Waals surface area contributed by atoms with Crippen LogP contribution in [0, 0.1) is 5.92 Å². The van der Waals surface area contributed by atoms with E-state index < -0.39 is 0 Å². The van der Waals surface area contributed by atoms with Crippen LogP contribution in [0.4, 0.5) is 5.69 Å². The molecule has 2 aromatic carbocycles. The van der Waals surface area contributed by atoms with E-state index in [-0.39, 0.29) is 30.9 Å². The van der Waals surface area contributed by atoms with E-state index in [2.05, 4.69) is 28.1 Å². The van der Waals surface area contributed by atoms with E-state index in [1.807, 2.05) is 24.4 Å². The van der Waals surface area contributed by atoms with Crippen LogP contribution in [0.25, 0.3) is 10.9 Å². The highest BCUT2D eigenvalue weighted by atomic mass is 16.7. The predicted octanol–water partition coefficient (Wildman–Crippen LogP) is 2.54. The lowest BCUT2D eigenvalue weighted by Crippen LogP contribution is -2.34. The molecule has 148 valence electrons. The predicted molar refractivity (Wildman–Crippen MR) is 108 cm³/mol. The average molecular weight is 391 g/mol. The Labute approximate surface area is 167 Å². The Morgan fingerprint density at radius 3 is 2.90 bits per heavy atom. The molecule has 7 nitrogen and oxygen atoms in total. The van der Waals surface area contributed by atoms with Crippen LogP contribution in [-0.4, -0.2) is 36.3 Å². The van der Waals surface area contributed by atoms with Gasteiger partial charge in [-0.3, -0.25) is 9.59 Å². The number of carbonyl (C=O) groups is 2. The van der Waals surface area contributed by atoms with Crippen molar-refractivity contribution >= 4 is 28.4 Å². The third kappa shape index (κ3) is 3.29. The highest BCUT2D eigenvalue weighted by molar-refractivity contribution is 6.00. The number of rotatable bonds is 5. The molecule has 0 aliphatic carbocycles. The summed E-state index contributed by atoms with van der Waals surface area (Å²) >= 11 is 0. The molecule has 0 saturated carbocycles. The number of para-hydroxylation sites is 1. The molecular weight excluding hydrogens is 370 g/mol. The Balaban J connectivity index is 1.19. The second-order valence-electron chi connectivity index (χ2n) is 7.30. The molecule has 7 heteroatoms. The lowest BCUT2D eigenvalue weighted by molar-refractivity contribution is -0.126. The van der Waals surface area contributed by atoms with E-state index in [4.69, 9.17) is 9.47 Å². The lowest BCUT2D eigenvalue weighted by Gasteiger charge is -2.17. The van der Waals surface area contributed by atoms with Crippen molar-refractivity contribution in [1.29, 1.82) is 0 Å². The molecule has 1 unspecified atom stereocenters. The zero-order valence-corrected chi connectivity index (χ0v) is 15.8. The molecule has 1 atom stereocenters. The molecule has 2 aliphatic rings. The molecule has 0 radical (unpaired) electrons. The number of nitrogens with zero attached hydrogens (tertiary/aromatic N) is 2. The first-order valence-corrected chi connectivity index (χ1v) is 9.70. The van der Waals surface area contributed by atoms with E-state index >= 15 is 0 Å². The van der Waals surface area contributed by atoms with E-state index in [0.29, 0.717) is 31.1 Å². The quantitative estimate of drug-likeness (QED) is 0.726. The zero-order chi connectivity index (χ0) is 19.8. The summed E-state index contributed by atoms with van der Waals surface area (Å²) in [5.41, 5.74) is 1.88. The van der Waals surface area contributed by atoms with E-state index in [0.717, 1.165) is 11.2 Å². The summed E-state index contributed by atoms with van der Waals surface area (Å²) in [5, 5.41) is 4.16. The van der Waals surface area contributed by atoms with Gasteiger partial charge in [0.25, 0.3) is 0 Å². The largest absolute Gasteiger partial charge is 0.454 e. The Bertz CT molecular complexity index is 1090. The fourth-order valence-electron chi connectivity index (χ4n) is 3.97. The van der Waals surface area contributed by atoms with Gasteiger partial charge in [0.1, 0.15) is 0 Å². The topological polar surface area (TPSA) is 72.8 Å². The zero-order valence-electron chi connectivity index (χ0n) is 15.8. The third-order valence-corrected chi connectivity index (χ3v) is 5.50. The smallest absolute Gasteiger partial charge is 0.231 e. The SMILES string of the molecule is O=C(NCCn1ccc2ccccc21)C1CC(=O)N(c2ccc3c(c2)OCO3)C1. The Hall–Kier alpha value is -3.48. The summed E-state index contributed by atoms with van der Waals surface area (Å²) in [5.74, 6) is 0.808. The van der Waals surface area contributed by atoms with Crippen molar-refractivity contribution in [2.45, 2.75) is 13.0 Å². The fourth-order valence-corrected chi connectivity index (χ4v) is 3.97. The number of ether oxygens (including phenoxy) is 2. The minimum absolute atomic E-state index is 0.0552. The highest BCUT2D eigenvalue weighted by Gasteiger charge is 2.35. The second-order valence-corrected chi connectivity index (χ2v) is 7.30. The number of amides is 2. The van der Waals surface area contributed by atoms with Crippen LogP contribution in [0.1, 0.15) is 6.42 Å². The number of anilines is 1. The van der Waals surface area contributed by atoms with E-state index in [9.17, 15) is 9.59 Å². The minimum atomic E-state index is -0.352. The van der Waals surface area contributed by atoms with Crippen LogP contribution < -0.4 is 19.7 Å². The van der Waals surface area contributed by atoms with Gasteiger partial charge in [0.2, 0.25) is 18.6 Å². The maximum absolute atomic E-state index is 12.6. The normalized spacial score (nSPS) is 17.9. The molecule has 1 N–H and O–H groups in total. The average Bonchev–Trinajstić information content (AvgIpc) is 3.45. The van der Waals surface area contributed by atoms with Gasteiger partial charge in [-0.15, -0.1) is 0 Å². The van der Waals surface area contributed by atoms with Gasteiger partial charge in [-0.2, -0.15) is 0 Å².